The summed E-state index contributed by atoms with van der Waals surface area (Å²) in [5.74, 6) is 0. The van der Waals surface area contributed by atoms with Crippen LogP contribution in [0.15, 0.2) is 12.2 Å². The number of hydrogen-bond acceptors (Lipinski definition) is 2. The van der Waals surface area contributed by atoms with Crippen molar-refractivity contribution in [3.05, 3.63) is 12.2 Å². The van der Waals surface area contributed by atoms with Crippen molar-refractivity contribution in [1.29, 1.82) is 0 Å². The molecule has 15 heavy (non-hydrogen) atoms. The Morgan fingerprint density at radius 2 is 2.00 bits per heavy atom. The van der Waals surface area contributed by atoms with E-state index >= 15 is 0 Å². The van der Waals surface area contributed by atoms with Gasteiger partial charge in [0, 0.05) is 12.6 Å². The third-order valence-corrected chi connectivity index (χ3v) is 2.92. The van der Waals surface area contributed by atoms with Gasteiger partial charge >= 0.3 is 0 Å². The first kappa shape index (κ1) is 14.7. The molecule has 2 nitrogen and oxygen atoms in total. The standard InChI is InChI=1S/C13H27NO/c1-7-13(6,15-9-3)12(14-8-2)10-11(4)5/h12,14H,4,7-10H2,1-3,5-6H3. The van der Waals surface area contributed by atoms with E-state index in [0.717, 1.165) is 26.0 Å². The first-order valence-corrected chi connectivity index (χ1v) is 6.01. The predicted molar refractivity (Wildman–Crippen MR) is 67.2 cm³/mol. The molecule has 0 aromatic rings. The summed E-state index contributed by atoms with van der Waals surface area (Å²) in [5, 5.41) is 3.50. The van der Waals surface area contributed by atoms with Gasteiger partial charge in [0.25, 0.3) is 0 Å². The molecule has 0 aliphatic heterocycles. The van der Waals surface area contributed by atoms with Gasteiger partial charge in [-0.1, -0.05) is 19.4 Å². The molecule has 2 heteroatoms. The zero-order valence-corrected chi connectivity index (χ0v) is 11.0. The molecule has 0 amide bonds. The predicted octanol–water partition coefficient (Wildman–Crippen LogP) is 3.14. The van der Waals surface area contributed by atoms with Crippen LogP contribution in [0.3, 0.4) is 0 Å². The van der Waals surface area contributed by atoms with Gasteiger partial charge in [0.15, 0.2) is 0 Å². The highest BCUT2D eigenvalue weighted by molar-refractivity contribution is 5.00. The normalized spacial score (nSPS) is 17.1. The van der Waals surface area contributed by atoms with E-state index in [9.17, 15) is 0 Å². The van der Waals surface area contributed by atoms with E-state index in [1.165, 1.54) is 5.57 Å². The Bertz CT molecular complexity index is 191. The summed E-state index contributed by atoms with van der Waals surface area (Å²) in [6.07, 6.45) is 2.00. The van der Waals surface area contributed by atoms with E-state index < -0.39 is 0 Å². The molecule has 0 aliphatic rings. The van der Waals surface area contributed by atoms with Gasteiger partial charge in [-0.05, 0) is 40.2 Å². The average Bonchev–Trinajstić information content (AvgIpc) is 2.17. The van der Waals surface area contributed by atoms with Crippen molar-refractivity contribution >= 4 is 0 Å². The van der Waals surface area contributed by atoms with Gasteiger partial charge in [-0.15, -0.1) is 6.58 Å². The van der Waals surface area contributed by atoms with Crippen LogP contribution >= 0.6 is 0 Å². The second-order valence-electron chi connectivity index (χ2n) is 4.37. The molecule has 2 unspecified atom stereocenters. The first-order chi connectivity index (χ1) is 7.00. The van der Waals surface area contributed by atoms with Gasteiger partial charge in [-0.2, -0.15) is 0 Å². The zero-order valence-electron chi connectivity index (χ0n) is 11.0. The molecule has 1 N–H and O–H groups in total. The Balaban J connectivity index is 4.58. The fourth-order valence-corrected chi connectivity index (χ4v) is 1.88. The molecule has 0 aliphatic carbocycles. The van der Waals surface area contributed by atoms with E-state index in [0.29, 0.717) is 6.04 Å². The molecule has 0 aromatic heterocycles. The summed E-state index contributed by atoms with van der Waals surface area (Å²) in [6, 6.07) is 0.366. The van der Waals surface area contributed by atoms with E-state index in [4.69, 9.17) is 4.74 Å². The monoisotopic (exact) mass is 213 g/mol. The van der Waals surface area contributed by atoms with Crippen LogP contribution in [0.2, 0.25) is 0 Å². The summed E-state index contributed by atoms with van der Waals surface area (Å²) < 4.78 is 5.89. The Labute approximate surface area is 95.1 Å². The number of ether oxygens (including phenoxy) is 1. The van der Waals surface area contributed by atoms with Crippen LogP contribution < -0.4 is 5.32 Å². The minimum absolute atomic E-state index is 0.0797. The molecule has 0 bridgehead atoms. The third-order valence-electron chi connectivity index (χ3n) is 2.92. The van der Waals surface area contributed by atoms with Crippen molar-refractivity contribution in [2.45, 2.75) is 59.1 Å². The smallest absolute Gasteiger partial charge is 0.0807 e. The summed E-state index contributed by atoms with van der Waals surface area (Å²) in [4.78, 5) is 0. The average molecular weight is 213 g/mol. The van der Waals surface area contributed by atoms with Crippen LogP contribution in [0.5, 0.6) is 0 Å². The molecule has 0 saturated heterocycles. The molecular weight excluding hydrogens is 186 g/mol. The largest absolute Gasteiger partial charge is 0.374 e. The lowest BCUT2D eigenvalue weighted by Gasteiger charge is -2.37. The van der Waals surface area contributed by atoms with Gasteiger partial charge in [0.2, 0.25) is 0 Å². The number of likely N-dealkylation sites (N-methyl/N-ethyl adjacent to an activating group) is 1. The van der Waals surface area contributed by atoms with E-state index in [2.05, 4.69) is 46.5 Å². The lowest BCUT2D eigenvalue weighted by atomic mass is 9.88. The zero-order chi connectivity index (χ0) is 11.9. The minimum Gasteiger partial charge on any atom is -0.374 e. The second-order valence-corrected chi connectivity index (χ2v) is 4.37. The SMILES string of the molecule is C=C(C)CC(NCC)C(C)(CC)OCC. The molecular formula is C13H27NO. The van der Waals surface area contributed by atoms with Crippen LogP contribution in [0.25, 0.3) is 0 Å². The van der Waals surface area contributed by atoms with E-state index in [1.807, 2.05) is 0 Å². The summed E-state index contributed by atoms with van der Waals surface area (Å²) in [5.41, 5.74) is 1.13. The van der Waals surface area contributed by atoms with Crippen LogP contribution in [-0.4, -0.2) is 24.8 Å². The quantitative estimate of drug-likeness (QED) is 0.625. The van der Waals surface area contributed by atoms with Gasteiger partial charge in [-0.25, -0.2) is 0 Å². The van der Waals surface area contributed by atoms with Crippen LogP contribution in [0, 0.1) is 0 Å². The van der Waals surface area contributed by atoms with Crippen LogP contribution in [-0.2, 0) is 4.74 Å². The molecule has 0 spiro atoms. The Morgan fingerprint density at radius 3 is 2.33 bits per heavy atom. The molecule has 0 fully saturated rings. The van der Waals surface area contributed by atoms with Crippen LogP contribution in [0.4, 0.5) is 0 Å². The first-order valence-electron chi connectivity index (χ1n) is 6.01. The maximum Gasteiger partial charge on any atom is 0.0807 e. The second kappa shape index (κ2) is 7.02. The lowest BCUT2D eigenvalue weighted by molar-refractivity contribution is -0.0546. The topological polar surface area (TPSA) is 21.3 Å². The minimum atomic E-state index is -0.0797. The fraction of sp³-hybridized carbons (Fsp3) is 0.846. The molecule has 90 valence electrons. The summed E-state index contributed by atoms with van der Waals surface area (Å²) >= 11 is 0. The van der Waals surface area contributed by atoms with Crippen molar-refractivity contribution in [3.8, 4) is 0 Å². The Hall–Kier alpha value is -0.340. The van der Waals surface area contributed by atoms with Crippen molar-refractivity contribution in [2.24, 2.45) is 0 Å². The van der Waals surface area contributed by atoms with Crippen molar-refractivity contribution < 1.29 is 4.74 Å². The lowest BCUT2D eigenvalue weighted by Crippen LogP contribution is -2.50. The highest BCUT2D eigenvalue weighted by atomic mass is 16.5. The Kier molecular flexibility index (Phi) is 6.86. The molecule has 2 atom stereocenters. The summed E-state index contributed by atoms with van der Waals surface area (Å²) in [7, 11) is 0. The summed E-state index contributed by atoms with van der Waals surface area (Å²) in [6.45, 7) is 16.4. The third kappa shape index (κ3) is 4.80. The molecule has 0 saturated carbocycles. The molecule has 0 rings (SSSR count). The van der Waals surface area contributed by atoms with Gasteiger partial charge in [0.1, 0.15) is 0 Å². The molecule has 0 heterocycles. The maximum absolute atomic E-state index is 5.89. The van der Waals surface area contributed by atoms with Crippen molar-refractivity contribution in [3.63, 3.8) is 0 Å². The van der Waals surface area contributed by atoms with Gasteiger partial charge in [0.05, 0.1) is 5.60 Å². The number of nitrogens with one attached hydrogen (secondary N) is 1. The molecule has 0 aromatic carbocycles. The van der Waals surface area contributed by atoms with Crippen LogP contribution in [0.1, 0.15) is 47.5 Å². The molecule has 0 radical (unpaired) electrons. The van der Waals surface area contributed by atoms with E-state index in [-0.39, 0.29) is 5.60 Å². The van der Waals surface area contributed by atoms with Gasteiger partial charge < -0.3 is 10.1 Å². The Morgan fingerprint density at radius 1 is 1.40 bits per heavy atom. The highest BCUT2D eigenvalue weighted by Gasteiger charge is 2.32. The van der Waals surface area contributed by atoms with Gasteiger partial charge in [-0.3, -0.25) is 0 Å². The fourth-order valence-electron chi connectivity index (χ4n) is 1.88. The maximum atomic E-state index is 5.89. The van der Waals surface area contributed by atoms with Crippen molar-refractivity contribution in [1.82, 2.24) is 5.32 Å². The van der Waals surface area contributed by atoms with E-state index in [1.54, 1.807) is 0 Å². The number of hydrogen-bond donors (Lipinski definition) is 1. The van der Waals surface area contributed by atoms with Crippen molar-refractivity contribution in [2.75, 3.05) is 13.2 Å². The number of rotatable bonds is 8. The highest BCUT2D eigenvalue weighted by Crippen LogP contribution is 2.24.